The molecule has 0 aromatic rings. The van der Waals surface area contributed by atoms with Crippen LogP contribution >= 0.6 is 0 Å². The van der Waals surface area contributed by atoms with Gasteiger partial charge in [-0.3, -0.25) is 14.4 Å². The van der Waals surface area contributed by atoms with E-state index < -0.39 is 29.9 Å². The van der Waals surface area contributed by atoms with Gasteiger partial charge in [0.15, 0.2) is 0 Å². The summed E-state index contributed by atoms with van der Waals surface area (Å²) in [5.74, 6) is -0.296. The fourth-order valence-electron chi connectivity index (χ4n) is 6.85. The van der Waals surface area contributed by atoms with E-state index >= 15 is 0 Å². The molecule has 1 unspecified atom stereocenters. The van der Waals surface area contributed by atoms with Crippen LogP contribution in [0.5, 0.6) is 0 Å². The number of aliphatic hydroxyl groups is 1. The molecule has 5 aliphatic heterocycles. The molecular weight excluding hydrogens is 566 g/mol. The van der Waals surface area contributed by atoms with Crippen molar-refractivity contribution in [2.24, 2.45) is 11.3 Å². The highest BCUT2D eigenvalue weighted by molar-refractivity contribution is 5.87. The molecule has 11 heteroatoms. The molecule has 5 rings (SSSR count). The molecule has 0 aromatic heterocycles. The van der Waals surface area contributed by atoms with Gasteiger partial charge in [-0.15, -0.1) is 0 Å². The van der Waals surface area contributed by atoms with Crippen molar-refractivity contribution in [3.8, 4) is 0 Å². The number of ether oxygens (including phenoxy) is 4. The molecule has 244 valence electrons. The Balaban J connectivity index is 1.08. The number of amides is 2. The Labute approximate surface area is 260 Å². The van der Waals surface area contributed by atoms with E-state index in [1.807, 2.05) is 30.9 Å². The maximum Gasteiger partial charge on any atom is 0.303 e. The zero-order valence-corrected chi connectivity index (χ0v) is 26.6. The fourth-order valence-corrected chi connectivity index (χ4v) is 6.85. The van der Waals surface area contributed by atoms with Crippen LogP contribution in [0.15, 0.2) is 36.0 Å². The van der Waals surface area contributed by atoms with Gasteiger partial charge >= 0.3 is 5.97 Å². The first-order valence-corrected chi connectivity index (χ1v) is 16.0. The average molecular weight is 616 g/mol. The van der Waals surface area contributed by atoms with E-state index in [1.165, 1.54) is 13.0 Å². The average Bonchev–Trinajstić information content (AvgIpc) is 3.67. The fraction of sp³-hybridized carbons (Fsp3) is 0.727. The first-order valence-electron chi connectivity index (χ1n) is 16.0. The van der Waals surface area contributed by atoms with Gasteiger partial charge in [0.25, 0.3) is 0 Å². The molecule has 5 fully saturated rings. The number of likely N-dealkylation sites (tertiary alicyclic amines) is 1. The van der Waals surface area contributed by atoms with Crippen molar-refractivity contribution in [1.29, 1.82) is 0 Å². The van der Waals surface area contributed by atoms with Gasteiger partial charge in [0, 0.05) is 51.0 Å². The standard InChI is InChI=1S/C33H49N3O8/c1-20(6-9-27-21(2)12-26(23(4)43-27)35-29(38)11-8-22(3)42-24(5)37)7-10-28-31(40)33(19-41-33)14-25(44-28)13-30(39)36-17-32(18-36)15-34-16-32/h6-8,10-11,21-23,25-28,31,34,40H,9,12-19H2,1-5H3,(H,35,38)/b10-7+,11-8-,20-6+/t21-,22-,23+,25+,26+,27-,28+,31+,33?/m0/s1. The Kier molecular flexibility index (Phi) is 10.0. The Hall–Kier alpha value is -2.57. The number of hydrogen-bond acceptors (Lipinski definition) is 9. The lowest BCUT2D eigenvalue weighted by Gasteiger charge is -2.56. The molecule has 0 bridgehead atoms. The number of nitrogens with zero attached hydrogens (tertiary/aromatic N) is 1. The summed E-state index contributed by atoms with van der Waals surface area (Å²) in [6.45, 7) is 13.2. The van der Waals surface area contributed by atoms with Crippen molar-refractivity contribution in [3.63, 3.8) is 0 Å². The molecule has 2 amide bonds. The summed E-state index contributed by atoms with van der Waals surface area (Å²) in [5.41, 5.74) is 0.694. The highest BCUT2D eigenvalue weighted by Gasteiger charge is 2.59. The third kappa shape index (κ3) is 7.80. The molecular formula is C33H49N3O8. The predicted molar refractivity (Wildman–Crippen MR) is 162 cm³/mol. The largest absolute Gasteiger partial charge is 0.459 e. The second-order valence-corrected chi connectivity index (χ2v) is 13.7. The Morgan fingerprint density at radius 2 is 1.89 bits per heavy atom. The smallest absolute Gasteiger partial charge is 0.303 e. The molecule has 0 aliphatic carbocycles. The normalized spacial score (nSPS) is 37.1. The molecule has 5 saturated heterocycles. The van der Waals surface area contributed by atoms with Gasteiger partial charge in [-0.05, 0) is 45.6 Å². The van der Waals surface area contributed by atoms with Crippen molar-refractivity contribution < 1.29 is 38.4 Å². The van der Waals surface area contributed by atoms with Crippen LogP contribution in [0, 0.1) is 11.3 Å². The van der Waals surface area contributed by atoms with Gasteiger partial charge < -0.3 is 39.6 Å². The maximum atomic E-state index is 12.9. The van der Waals surface area contributed by atoms with Gasteiger partial charge in [-0.1, -0.05) is 30.7 Å². The minimum absolute atomic E-state index is 0.00689. The molecule has 5 aliphatic rings. The summed E-state index contributed by atoms with van der Waals surface area (Å²) in [4.78, 5) is 38.3. The summed E-state index contributed by atoms with van der Waals surface area (Å²) < 4.78 is 23.3. The number of epoxide rings is 1. The molecule has 11 nitrogen and oxygen atoms in total. The first kappa shape index (κ1) is 32.8. The molecule has 0 aromatic carbocycles. The highest BCUT2D eigenvalue weighted by atomic mass is 16.6. The van der Waals surface area contributed by atoms with Gasteiger partial charge in [0.05, 0.1) is 37.4 Å². The topological polar surface area (TPSA) is 139 Å². The number of allylic oxidation sites excluding steroid dienone is 2. The summed E-state index contributed by atoms with van der Waals surface area (Å²) in [6.07, 6.45) is 9.01. The Morgan fingerprint density at radius 3 is 2.52 bits per heavy atom. The van der Waals surface area contributed by atoms with E-state index in [1.54, 1.807) is 13.0 Å². The maximum absolute atomic E-state index is 12.9. The molecule has 44 heavy (non-hydrogen) atoms. The predicted octanol–water partition coefficient (Wildman–Crippen LogP) is 1.79. The van der Waals surface area contributed by atoms with Gasteiger partial charge in [0.1, 0.15) is 23.9 Å². The van der Waals surface area contributed by atoms with Gasteiger partial charge in [0.2, 0.25) is 11.8 Å². The number of carbonyl (C=O) groups excluding carboxylic acids is 3. The van der Waals surface area contributed by atoms with Crippen molar-refractivity contribution in [3.05, 3.63) is 36.0 Å². The minimum atomic E-state index is -0.777. The van der Waals surface area contributed by atoms with E-state index in [2.05, 4.69) is 23.6 Å². The number of nitrogens with one attached hydrogen (secondary N) is 2. The molecule has 2 spiro atoms. The van der Waals surface area contributed by atoms with Crippen LogP contribution in [0.25, 0.3) is 0 Å². The molecule has 3 N–H and O–H groups in total. The van der Waals surface area contributed by atoms with Crippen LogP contribution < -0.4 is 10.6 Å². The van der Waals surface area contributed by atoms with Gasteiger partial charge in [-0.25, -0.2) is 0 Å². The summed E-state index contributed by atoms with van der Waals surface area (Å²) in [5, 5.41) is 17.3. The second kappa shape index (κ2) is 13.4. The molecule has 0 saturated carbocycles. The summed E-state index contributed by atoms with van der Waals surface area (Å²) in [6, 6.07) is -0.119. The Bertz CT molecular complexity index is 1170. The van der Waals surface area contributed by atoms with Crippen molar-refractivity contribution in [2.75, 3.05) is 32.8 Å². The zero-order valence-electron chi connectivity index (χ0n) is 26.6. The lowest BCUT2D eigenvalue weighted by molar-refractivity contribution is -0.161. The number of carbonyl (C=O) groups is 3. The monoisotopic (exact) mass is 615 g/mol. The van der Waals surface area contributed by atoms with Crippen molar-refractivity contribution in [1.82, 2.24) is 15.5 Å². The van der Waals surface area contributed by atoms with Crippen LogP contribution in [-0.4, -0.2) is 109 Å². The number of aliphatic hydroxyl groups excluding tert-OH is 1. The lowest BCUT2D eigenvalue weighted by atomic mass is 9.74. The first-order chi connectivity index (χ1) is 20.9. The van der Waals surface area contributed by atoms with Crippen molar-refractivity contribution in [2.45, 2.75) is 109 Å². The molecule has 5 heterocycles. The van der Waals surface area contributed by atoms with Crippen LogP contribution in [0.2, 0.25) is 0 Å². The van der Waals surface area contributed by atoms with E-state index in [-0.39, 0.29) is 47.5 Å². The summed E-state index contributed by atoms with van der Waals surface area (Å²) in [7, 11) is 0. The summed E-state index contributed by atoms with van der Waals surface area (Å²) >= 11 is 0. The second-order valence-electron chi connectivity index (χ2n) is 13.7. The van der Waals surface area contributed by atoms with E-state index in [0.717, 1.165) is 38.2 Å². The van der Waals surface area contributed by atoms with Crippen molar-refractivity contribution >= 4 is 17.8 Å². The van der Waals surface area contributed by atoms with Crippen LogP contribution in [0.3, 0.4) is 0 Å². The van der Waals surface area contributed by atoms with Crippen LogP contribution in [0.1, 0.15) is 60.3 Å². The SMILES string of the molecule is CC(=O)O[C@@H](C)/C=C\C(=O)N[C@@H]1C[C@H](C)[C@H](C/C=C(C)/C=C/[C@H]2O[C@H](CC(=O)N3CC4(CNC4)C3)CC3(CO3)[C@@H]2O)O[C@@H]1C. The molecule has 9 atom stereocenters. The Morgan fingerprint density at radius 1 is 1.16 bits per heavy atom. The van der Waals surface area contributed by atoms with Crippen LogP contribution in [-0.2, 0) is 33.3 Å². The van der Waals surface area contributed by atoms with Crippen LogP contribution in [0.4, 0.5) is 0 Å². The third-order valence-corrected chi connectivity index (χ3v) is 9.73. The lowest BCUT2D eigenvalue weighted by Crippen LogP contribution is -2.72. The third-order valence-electron chi connectivity index (χ3n) is 9.73. The molecule has 0 radical (unpaired) electrons. The quantitative estimate of drug-likeness (QED) is 0.145. The van der Waals surface area contributed by atoms with Gasteiger partial charge in [-0.2, -0.15) is 0 Å². The number of esters is 1. The number of rotatable bonds is 10. The van der Waals surface area contributed by atoms with E-state index in [4.69, 9.17) is 18.9 Å². The van der Waals surface area contributed by atoms with E-state index in [0.29, 0.717) is 25.9 Å². The highest BCUT2D eigenvalue weighted by Crippen LogP contribution is 2.44. The zero-order chi connectivity index (χ0) is 31.6. The number of hydrogen-bond donors (Lipinski definition) is 3. The minimum Gasteiger partial charge on any atom is -0.459 e. The van der Waals surface area contributed by atoms with E-state index in [9.17, 15) is 19.5 Å².